The molecule has 152 valence electrons. The van der Waals surface area contributed by atoms with Gasteiger partial charge in [-0.3, -0.25) is 24.5 Å². The number of carbonyl (C=O) groups is 3. The molecule has 0 aromatic heterocycles. The maximum Gasteiger partial charge on any atom is 0.307 e. The van der Waals surface area contributed by atoms with Gasteiger partial charge in [-0.05, 0) is 37.1 Å². The molecule has 1 aromatic carbocycles. The summed E-state index contributed by atoms with van der Waals surface area (Å²) in [5.41, 5.74) is 0.513. The molecule has 0 aliphatic heterocycles. The summed E-state index contributed by atoms with van der Waals surface area (Å²) in [7, 11) is 1.53. The fourth-order valence-electron chi connectivity index (χ4n) is 3.40. The van der Waals surface area contributed by atoms with E-state index in [9.17, 15) is 24.5 Å². The first kappa shape index (κ1) is 21.3. The van der Waals surface area contributed by atoms with E-state index < -0.39 is 34.7 Å². The van der Waals surface area contributed by atoms with Crippen molar-refractivity contribution >= 4 is 23.3 Å². The van der Waals surface area contributed by atoms with Crippen molar-refractivity contribution in [2.24, 2.45) is 17.8 Å². The van der Waals surface area contributed by atoms with Crippen molar-refractivity contribution in [1.82, 2.24) is 0 Å². The molecule has 1 fully saturated rings. The SMILES string of the molecule is COc1ccc(NC(=O)[C@H](C)OC(=O)C[C@@H]2C(=O)C[C@@H](C)[C@H]2C[N+](=O)[O-])cc1. The van der Waals surface area contributed by atoms with Crippen LogP contribution in [0.15, 0.2) is 24.3 Å². The van der Waals surface area contributed by atoms with Crippen LogP contribution in [0.25, 0.3) is 0 Å². The fourth-order valence-corrected chi connectivity index (χ4v) is 3.40. The zero-order valence-corrected chi connectivity index (χ0v) is 16.0. The van der Waals surface area contributed by atoms with Gasteiger partial charge in [-0.25, -0.2) is 0 Å². The van der Waals surface area contributed by atoms with Crippen molar-refractivity contribution in [3.8, 4) is 5.75 Å². The van der Waals surface area contributed by atoms with Crippen molar-refractivity contribution in [2.75, 3.05) is 19.0 Å². The Labute approximate surface area is 162 Å². The molecule has 1 aromatic rings. The number of hydrogen-bond donors (Lipinski definition) is 1. The van der Waals surface area contributed by atoms with Crippen molar-refractivity contribution in [2.45, 2.75) is 32.8 Å². The number of anilines is 1. The lowest BCUT2D eigenvalue weighted by Crippen LogP contribution is -2.32. The molecule has 0 heterocycles. The number of nitrogens with one attached hydrogen (secondary N) is 1. The zero-order chi connectivity index (χ0) is 20.8. The van der Waals surface area contributed by atoms with Crippen LogP contribution in [0.3, 0.4) is 0 Å². The molecular weight excluding hydrogens is 368 g/mol. The largest absolute Gasteiger partial charge is 0.497 e. The number of methoxy groups -OCH3 is 1. The Kier molecular flexibility index (Phi) is 7.08. The van der Waals surface area contributed by atoms with Gasteiger partial charge in [-0.1, -0.05) is 6.92 Å². The molecule has 0 radical (unpaired) electrons. The molecule has 1 aliphatic rings. The molecule has 28 heavy (non-hydrogen) atoms. The van der Waals surface area contributed by atoms with E-state index in [1.165, 1.54) is 14.0 Å². The van der Waals surface area contributed by atoms with E-state index in [0.717, 1.165) is 0 Å². The zero-order valence-electron chi connectivity index (χ0n) is 16.0. The summed E-state index contributed by atoms with van der Waals surface area (Å²) in [4.78, 5) is 46.9. The summed E-state index contributed by atoms with van der Waals surface area (Å²) in [6.07, 6.45) is -1.12. The number of rotatable bonds is 8. The minimum atomic E-state index is -1.07. The van der Waals surface area contributed by atoms with E-state index in [0.29, 0.717) is 11.4 Å². The summed E-state index contributed by atoms with van der Waals surface area (Å²) < 4.78 is 10.2. The van der Waals surface area contributed by atoms with E-state index in [1.54, 1.807) is 31.2 Å². The monoisotopic (exact) mass is 392 g/mol. The second kappa shape index (κ2) is 9.29. The van der Waals surface area contributed by atoms with Gasteiger partial charge in [0.25, 0.3) is 5.91 Å². The van der Waals surface area contributed by atoms with Crippen molar-refractivity contribution in [3.63, 3.8) is 0 Å². The molecule has 1 aliphatic carbocycles. The number of benzene rings is 1. The van der Waals surface area contributed by atoms with Crippen molar-refractivity contribution in [1.29, 1.82) is 0 Å². The first-order valence-corrected chi connectivity index (χ1v) is 9.00. The van der Waals surface area contributed by atoms with Gasteiger partial charge in [0.15, 0.2) is 6.10 Å². The number of amides is 1. The number of nitro groups is 1. The van der Waals surface area contributed by atoms with Crippen molar-refractivity contribution < 1.29 is 28.8 Å². The van der Waals surface area contributed by atoms with Gasteiger partial charge in [0.1, 0.15) is 11.5 Å². The molecule has 9 nitrogen and oxygen atoms in total. The van der Waals surface area contributed by atoms with Gasteiger partial charge in [-0.2, -0.15) is 0 Å². The molecule has 0 unspecified atom stereocenters. The van der Waals surface area contributed by atoms with E-state index in [4.69, 9.17) is 9.47 Å². The lowest BCUT2D eigenvalue weighted by atomic mass is 9.88. The van der Waals surface area contributed by atoms with Gasteiger partial charge >= 0.3 is 5.97 Å². The van der Waals surface area contributed by atoms with Crippen LogP contribution in [0.5, 0.6) is 5.75 Å². The quantitative estimate of drug-likeness (QED) is 0.408. The van der Waals surface area contributed by atoms with Crippen molar-refractivity contribution in [3.05, 3.63) is 34.4 Å². The maximum absolute atomic E-state index is 12.2. The number of esters is 1. The molecule has 0 spiro atoms. The predicted molar refractivity (Wildman–Crippen MR) is 99.4 cm³/mol. The predicted octanol–water partition coefficient (Wildman–Crippen LogP) is 2.07. The van der Waals surface area contributed by atoms with Crippen LogP contribution in [0.1, 0.15) is 26.7 Å². The van der Waals surface area contributed by atoms with Gasteiger partial charge in [-0.15, -0.1) is 0 Å². The molecule has 0 bridgehead atoms. The minimum absolute atomic E-state index is 0.161. The van der Waals surface area contributed by atoms with E-state index in [1.807, 2.05) is 0 Å². The number of ketones is 1. The highest BCUT2D eigenvalue weighted by atomic mass is 16.6. The molecular formula is C19H24N2O7. The number of carbonyl (C=O) groups excluding carboxylic acids is 3. The lowest BCUT2D eigenvalue weighted by Gasteiger charge is -2.18. The van der Waals surface area contributed by atoms with Crippen LogP contribution in [-0.2, 0) is 19.1 Å². The van der Waals surface area contributed by atoms with Crippen LogP contribution < -0.4 is 10.1 Å². The Morgan fingerprint density at radius 3 is 2.54 bits per heavy atom. The van der Waals surface area contributed by atoms with E-state index in [-0.39, 0.29) is 31.1 Å². The van der Waals surface area contributed by atoms with E-state index in [2.05, 4.69) is 5.32 Å². The summed E-state index contributed by atoms with van der Waals surface area (Å²) in [5, 5.41) is 13.5. The topological polar surface area (TPSA) is 125 Å². The Hall–Kier alpha value is -2.97. The average Bonchev–Trinajstić information content (AvgIpc) is 2.88. The smallest absolute Gasteiger partial charge is 0.307 e. The molecule has 2 rings (SSSR count). The van der Waals surface area contributed by atoms with Crippen LogP contribution in [-0.4, -0.2) is 42.3 Å². The first-order valence-electron chi connectivity index (χ1n) is 9.00. The third kappa shape index (κ3) is 5.51. The van der Waals surface area contributed by atoms with Crippen LogP contribution in [0.4, 0.5) is 5.69 Å². The molecule has 0 saturated heterocycles. The third-order valence-corrected chi connectivity index (χ3v) is 4.97. The molecule has 9 heteroatoms. The third-order valence-electron chi connectivity index (χ3n) is 4.97. The second-order valence-electron chi connectivity index (χ2n) is 6.99. The average molecular weight is 392 g/mol. The first-order chi connectivity index (χ1) is 13.2. The summed E-state index contributed by atoms with van der Waals surface area (Å²) in [6, 6.07) is 6.64. The van der Waals surface area contributed by atoms with Crippen LogP contribution in [0, 0.1) is 27.9 Å². The Balaban J connectivity index is 1.90. The maximum atomic E-state index is 12.2. The summed E-state index contributed by atoms with van der Waals surface area (Å²) >= 11 is 0. The highest BCUT2D eigenvalue weighted by Crippen LogP contribution is 2.36. The van der Waals surface area contributed by atoms with Crippen LogP contribution in [0.2, 0.25) is 0 Å². The molecule has 1 N–H and O–H groups in total. The summed E-state index contributed by atoms with van der Waals surface area (Å²) in [6.45, 7) is 2.82. The van der Waals surface area contributed by atoms with Gasteiger partial charge in [0.2, 0.25) is 6.54 Å². The number of ether oxygens (including phenoxy) is 2. The van der Waals surface area contributed by atoms with Gasteiger partial charge < -0.3 is 14.8 Å². The Bertz CT molecular complexity index is 747. The molecule has 4 atom stereocenters. The van der Waals surface area contributed by atoms with Gasteiger partial charge in [0, 0.05) is 28.9 Å². The Morgan fingerprint density at radius 1 is 1.32 bits per heavy atom. The molecule has 1 amide bonds. The molecule has 1 saturated carbocycles. The Morgan fingerprint density at radius 2 is 1.96 bits per heavy atom. The summed E-state index contributed by atoms with van der Waals surface area (Å²) in [5.74, 6) is -2.19. The number of nitrogens with zero attached hydrogens (tertiary/aromatic N) is 1. The number of Topliss-reactive ketones (excluding diaryl/α,β-unsaturated/α-hetero) is 1. The second-order valence-corrected chi connectivity index (χ2v) is 6.99. The normalized spacial score (nSPS) is 22.4. The highest BCUT2D eigenvalue weighted by Gasteiger charge is 2.44. The van der Waals surface area contributed by atoms with E-state index >= 15 is 0 Å². The standard InChI is InChI=1S/C19H24N2O7/c1-11-8-17(22)15(16(11)10-21(25)26)9-18(23)28-12(2)19(24)20-13-4-6-14(27-3)7-5-13/h4-7,11-12,15-16H,8-10H2,1-3H3,(H,20,24)/t11-,12+,15+,16-/m1/s1. The minimum Gasteiger partial charge on any atom is -0.497 e. The van der Waals surface area contributed by atoms with Crippen LogP contribution >= 0.6 is 0 Å². The van der Waals surface area contributed by atoms with Gasteiger partial charge in [0.05, 0.1) is 13.5 Å². The fraction of sp³-hybridized carbons (Fsp3) is 0.526. The lowest BCUT2D eigenvalue weighted by molar-refractivity contribution is -0.490. The highest BCUT2D eigenvalue weighted by molar-refractivity contribution is 5.95. The number of hydrogen-bond acceptors (Lipinski definition) is 7.